The van der Waals surface area contributed by atoms with Gasteiger partial charge < -0.3 is 4.74 Å². The topological polar surface area (TPSA) is 46.6 Å². The first kappa shape index (κ1) is 12.4. The number of benzene rings is 1. The molecule has 1 saturated heterocycles. The van der Waals surface area contributed by atoms with Crippen LogP contribution in [0.2, 0.25) is 0 Å². The molecule has 0 unspecified atom stereocenters. The van der Waals surface area contributed by atoms with E-state index in [0.717, 1.165) is 22.5 Å². The Hall–Kier alpha value is -1.05. The standard InChI is InChI=1S/C10H11F2NO3S/c11-8-2-1-3-9(12)10(8)17(14,15)13-4-6-16-7-5-13/h1-3H,4-7H2. The zero-order valence-electron chi connectivity index (χ0n) is 8.90. The van der Waals surface area contributed by atoms with Crippen LogP contribution in [0, 0.1) is 11.6 Å². The SMILES string of the molecule is O=S(=O)(c1c(F)cccc1F)N1CCOCC1. The summed E-state index contributed by atoms with van der Waals surface area (Å²) in [7, 11) is -4.12. The third kappa shape index (κ3) is 2.31. The largest absolute Gasteiger partial charge is 0.379 e. The van der Waals surface area contributed by atoms with E-state index in [1.165, 1.54) is 0 Å². The maximum atomic E-state index is 13.4. The third-order valence-electron chi connectivity index (χ3n) is 2.49. The molecule has 0 spiro atoms. The Labute approximate surface area is 97.9 Å². The van der Waals surface area contributed by atoms with Gasteiger partial charge in [0.15, 0.2) is 4.90 Å². The first-order valence-electron chi connectivity index (χ1n) is 5.05. The van der Waals surface area contributed by atoms with Crippen molar-refractivity contribution in [1.29, 1.82) is 0 Å². The Morgan fingerprint density at radius 3 is 2.18 bits per heavy atom. The molecular formula is C10H11F2NO3S. The van der Waals surface area contributed by atoms with Crippen LogP contribution in [0.25, 0.3) is 0 Å². The molecule has 0 aliphatic carbocycles. The summed E-state index contributed by atoms with van der Waals surface area (Å²) >= 11 is 0. The number of nitrogens with zero attached hydrogens (tertiary/aromatic N) is 1. The molecule has 94 valence electrons. The van der Waals surface area contributed by atoms with Crippen LogP contribution >= 0.6 is 0 Å². The molecule has 0 saturated carbocycles. The van der Waals surface area contributed by atoms with Gasteiger partial charge in [0, 0.05) is 13.1 Å². The molecule has 2 rings (SSSR count). The number of hydrogen-bond acceptors (Lipinski definition) is 3. The van der Waals surface area contributed by atoms with E-state index in [9.17, 15) is 17.2 Å². The molecule has 1 aliphatic rings. The van der Waals surface area contributed by atoms with E-state index in [0.29, 0.717) is 0 Å². The predicted octanol–water partition coefficient (Wildman–Crippen LogP) is 0.986. The van der Waals surface area contributed by atoms with Gasteiger partial charge in [-0.15, -0.1) is 0 Å². The van der Waals surface area contributed by atoms with E-state index in [4.69, 9.17) is 4.74 Å². The van der Waals surface area contributed by atoms with Crippen LogP contribution in [0.3, 0.4) is 0 Å². The Balaban J connectivity index is 2.44. The average molecular weight is 263 g/mol. The minimum absolute atomic E-state index is 0.107. The Morgan fingerprint density at radius 2 is 1.65 bits per heavy atom. The van der Waals surface area contributed by atoms with E-state index in [-0.39, 0.29) is 26.3 Å². The lowest BCUT2D eigenvalue weighted by Crippen LogP contribution is -2.41. The second kappa shape index (κ2) is 4.67. The van der Waals surface area contributed by atoms with Gasteiger partial charge >= 0.3 is 0 Å². The average Bonchev–Trinajstić information content (AvgIpc) is 2.29. The molecule has 1 aliphatic heterocycles. The monoisotopic (exact) mass is 263 g/mol. The molecule has 7 heteroatoms. The van der Waals surface area contributed by atoms with Crippen molar-refractivity contribution in [3.8, 4) is 0 Å². The molecule has 17 heavy (non-hydrogen) atoms. The lowest BCUT2D eigenvalue weighted by molar-refractivity contribution is 0.0728. The van der Waals surface area contributed by atoms with Crippen LogP contribution in [0.4, 0.5) is 8.78 Å². The number of hydrogen-bond donors (Lipinski definition) is 0. The van der Waals surface area contributed by atoms with Crippen molar-refractivity contribution >= 4 is 10.0 Å². The normalized spacial score (nSPS) is 18.2. The molecule has 0 aromatic heterocycles. The van der Waals surface area contributed by atoms with Crippen molar-refractivity contribution in [2.24, 2.45) is 0 Å². The molecular weight excluding hydrogens is 252 g/mol. The fraction of sp³-hybridized carbons (Fsp3) is 0.400. The lowest BCUT2D eigenvalue weighted by atomic mass is 10.3. The van der Waals surface area contributed by atoms with Gasteiger partial charge in [-0.25, -0.2) is 17.2 Å². The van der Waals surface area contributed by atoms with Gasteiger partial charge in [0.25, 0.3) is 0 Å². The quantitative estimate of drug-likeness (QED) is 0.799. The van der Waals surface area contributed by atoms with E-state index < -0.39 is 26.6 Å². The first-order chi connectivity index (χ1) is 8.03. The molecule has 1 aromatic carbocycles. The Kier molecular flexibility index (Phi) is 3.41. The van der Waals surface area contributed by atoms with Gasteiger partial charge in [0.1, 0.15) is 11.6 Å². The molecule has 0 atom stereocenters. The van der Waals surface area contributed by atoms with E-state index in [1.807, 2.05) is 0 Å². The van der Waals surface area contributed by atoms with Crippen LogP contribution in [0.15, 0.2) is 23.1 Å². The lowest BCUT2D eigenvalue weighted by Gasteiger charge is -2.26. The zero-order valence-corrected chi connectivity index (χ0v) is 9.71. The number of rotatable bonds is 2. The molecule has 1 heterocycles. The molecule has 0 bridgehead atoms. The summed E-state index contributed by atoms with van der Waals surface area (Å²) in [6, 6.07) is 2.98. The van der Waals surface area contributed by atoms with Gasteiger partial charge in [-0.05, 0) is 12.1 Å². The van der Waals surface area contributed by atoms with E-state index in [2.05, 4.69) is 0 Å². The number of ether oxygens (including phenoxy) is 1. The fourth-order valence-electron chi connectivity index (χ4n) is 1.65. The number of morpholine rings is 1. The Morgan fingerprint density at radius 1 is 1.12 bits per heavy atom. The predicted molar refractivity (Wildman–Crippen MR) is 55.9 cm³/mol. The minimum Gasteiger partial charge on any atom is -0.379 e. The summed E-state index contributed by atoms with van der Waals surface area (Å²) < 4.78 is 56.9. The third-order valence-corrected chi connectivity index (χ3v) is 4.44. The molecule has 0 radical (unpaired) electrons. The summed E-state index contributed by atoms with van der Waals surface area (Å²) in [6.07, 6.45) is 0. The highest BCUT2D eigenvalue weighted by atomic mass is 32.2. The van der Waals surface area contributed by atoms with Gasteiger partial charge in [0.2, 0.25) is 10.0 Å². The second-order valence-corrected chi connectivity index (χ2v) is 5.44. The summed E-state index contributed by atoms with van der Waals surface area (Å²) in [5.74, 6) is -2.15. The summed E-state index contributed by atoms with van der Waals surface area (Å²) in [4.78, 5) is -0.887. The smallest absolute Gasteiger partial charge is 0.249 e. The highest BCUT2D eigenvalue weighted by molar-refractivity contribution is 7.89. The minimum atomic E-state index is -4.12. The van der Waals surface area contributed by atoms with E-state index >= 15 is 0 Å². The molecule has 0 amide bonds. The van der Waals surface area contributed by atoms with Gasteiger partial charge in [0.05, 0.1) is 13.2 Å². The molecule has 4 nitrogen and oxygen atoms in total. The van der Waals surface area contributed by atoms with Crippen molar-refractivity contribution in [3.05, 3.63) is 29.8 Å². The van der Waals surface area contributed by atoms with Gasteiger partial charge in [-0.3, -0.25) is 0 Å². The summed E-state index contributed by atoms with van der Waals surface area (Å²) in [6.45, 7) is 0.677. The van der Waals surface area contributed by atoms with Crippen molar-refractivity contribution in [2.75, 3.05) is 26.3 Å². The van der Waals surface area contributed by atoms with E-state index in [1.54, 1.807) is 0 Å². The van der Waals surface area contributed by atoms with Gasteiger partial charge in [-0.1, -0.05) is 6.07 Å². The summed E-state index contributed by atoms with van der Waals surface area (Å²) in [5.41, 5.74) is 0. The van der Waals surface area contributed by atoms with Crippen molar-refractivity contribution < 1.29 is 21.9 Å². The fourth-order valence-corrected chi connectivity index (χ4v) is 3.16. The van der Waals surface area contributed by atoms with Crippen LogP contribution in [-0.4, -0.2) is 39.0 Å². The number of sulfonamides is 1. The Bertz CT molecular complexity index is 492. The number of halogens is 2. The van der Waals surface area contributed by atoms with Crippen LogP contribution in [0.5, 0.6) is 0 Å². The summed E-state index contributed by atoms with van der Waals surface area (Å²) in [5, 5.41) is 0. The zero-order chi connectivity index (χ0) is 12.5. The van der Waals surface area contributed by atoms with Gasteiger partial charge in [-0.2, -0.15) is 4.31 Å². The molecule has 1 aromatic rings. The van der Waals surface area contributed by atoms with Crippen molar-refractivity contribution in [3.63, 3.8) is 0 Å². The van der Waals surface area contributed by atoms with Crippen LogP contribution in [0.1, 0.15) is 0 Å². The highest BCUT2D eigenvalue weighted by Crippen LogP contribution is 2.22. The van der Waals surface area contributed by atoms with Crippen molar-refractivity contribution in [1.82, 2.24) is 4.31 Å². The maximum Gasteiger partial charge on any atom is 0.249 e. The first-order valence-corrected chi connectivity index (χ1v) is 6.49. The maximum absolute atomic E-state index is 13.4. The molecule has 1 fully saturated rings. The second-order valence-electron chi connectivity index (χ2n) is 3.57. The highest BCUT2D eigenvalue weighted by Gasteiger charge is 2.31. The molecule has 0 N–H and O–H groups in total. The van der Waals surface area contributed by atoms with Crippen LogP contribution in [-0.2, 0) is 14.8 Å². The van der Waals surface area contributed by atoms with Crippen molar-refractivity contribution in [2.45, 2.75) is 4.90 Å². The van der Waals surface area contributed by atoms with Crippen LogP contribution < -0.4 is 0 Å².